The number of carboxylic acid groups (broad SMARTS) is 1. The van der Waals surface area contributed by atoms with E-state index >= 15 is 0 Å². The molecule has 104 valence electrons. The van der Waals surface area contributed by atoms with Crippen LogP contribution in [0, 0.1) is 17.5 Å². The van der Waals surface area contributed by atoms with Crippen molar-refractivity contribution < 1.29 is 27.8 Å². The molecule has 4 nitrogen and oxygen atoms in total. The number of carboxylic acids is 1. The summed E-state index contributed by atoms with van der Waals surface area (Å²) >= 11 is 0. The summed E-state index contributed by atoms with van der Waals surface area (Å²) in [6.45, 7) is 0. The third-order valence-electron chi connectivity index (χ3n) is 2.57. The second kappa shape index (κ2) is 5.20. The summed E-state index contributed by atoms with van der Waals surface area (Å²) in [5.41, 5.74) is -1.03. The SMILES string of the molecule is COc1ncc(-c2c(F)cc(F)cc2F)cc1C(=O)O. The highest BCUT2D eigenvalue weighted by Gasteiger charge is 2.18. The first-order chi connectivity index (χ1) is 9.43. The van der Waals surface area contributed by atoms with Crippen LogP contribution in [0.4, 0.5) is 13.2 Å². The molecule has 1 heterocycles. The standard InChI is InChI=1S/C13H8F3NO3/c1-20-12-8(13(18)19)2-6(5-17-12)11-9(15)3-7(14)4-10(11)16/h2-5H,1H3,(H,18,19). The van der Waals surface area contributed by atoms with Crippen molar-refractivity contribution in [3.63, 3.8) is 0 Å². The zero-order chi connectivity index (χ0) is 14.9. The van der Waals surface area contributed by atoms with Crippen LogP contribution in [-0.4, -0.2) is 23.2 Å². The largest absolute Gasteiger partial charge is 0.480 e. The first-order valence-electron chi connectivity index (χ1n) is 5.36. The molecule has 1 aromatic carbocycles. The van der Waals surface area contributed by atoms with E-state index in [0.717, 1.165) is 12.3 Å². The Balaban J connectivity index is 2.65. The zero-order valence-corrected chi connectivity index (χ0v) is 10.2. The Morgan fingerprint density at radius 1 is 1.20 bits per heavy atom. The van der Waals surface area contributed by atoms with Gasteiger partial charge in [-0.15, -0.1) is 0 Å². The van der Waals surface area contributed by atoms with E-state index in [1.54, 1.807) is 0 Å². The van der Waals surface area contributed by atoms with Crippen molar-refractivity contribution >= 4 is 5.97 Å². The number of hydrogen-bond acceptors (Lipinski definition) is 3. The smallest absolute Gasteiger partial charge is 0.341 e. The normalized spacial score (nSPS) is 10.4. The number of benzene rings is 1. The summed E-state index contributed by atoms with van der Waals surface area (Å²) in [6, 6.07) is 2.01. The van der Waals surface area contributed by atoms with Gasteiger partial charge >= 0.3 is 5.97 Å². The minimum atomic E-state index is -1.36. The van der Waals surface area contributed by atoms with E-state index in [1.165, 1.54) is 7.11 Å². The van der Waals surface area contributed by atoms with Gasteiger partial charge < -0.3 is 9.84 Å². The lowest BCUT2D eigenvalue weighted by Gasteiger charge is -2.08. The lowest BCUT2D eigenvalue weighted by Crippen LogP contribution is -2.03. The molecule has 2 aromatic rings. The Hall–Kier alpha value is -2.57. The molecular formula is C13H8F3NO3. The van der Waals surface area contributed by atoms with E-state index in [9.17, 15) is 18.0 Å². The van der Waals surface area contributed by atoms with Crippen LogP contribution in [0.2, 0.25) is 0 Å². The average Bonchev–Trinajstić information content (AvgIpc) is 2.37. The first kappa shape index (κ1) is 13.9. The number of aromatic nitrogens is 1. The Kier molecular flexibility index (Phi) is 3.60. The molecule has 0 saturated heterocycles. The second-order valence-corrected chi connectivity index (χ2v) is 3.83. The fraction of sp³-hybridized carbons (Fsp3) is 0.0769. The van der Waals surface area contributed by atoms with Crippen LogP contribution in [0.25, 0.3) is 11.1 Å². The first-order valence-corrected chi connectivity index (χ1v) is 5.36. The third-order valence-corrected chi connectivity index (χ3v) is 2.57. The fourth-order valence-corrected chi connectivity index (χ4v) is 1.72. The molecule has 0 aliphatic carbocycles. The van der Waals surface area contributed by atoms with Gasteiger partial charge in [0.15, 0.2) is 0 Å². The van der Waals surface area contributed by atoms with Crippen molar-refractivity contribution in [1.82, 2.24) is 4.98 Å². The molecule has 0 atom stereocenters. The van der Waals surface area contributed by atoms with Gasteiger partial charge in [-0.25, -0.2) is 22.9 Å². The topological polar surface area (TPSA) is 59.4 Å². The summed E-state index contributed by atoms with van der Waals surface area (Å²) < 4.78 is 44.8. The molecule has 0 amide bonds. The molecule has 0 saturated carbocycles. The fourth-order valence-electron chi connectivity index (χ4n) is 1.72. The van der Waals surface area contributed by atoms with Gasteiger partial charge in [0, 0.05) is 23.9 Å². The van der Waals surface area contributed by atoms with Crippen LogP contribution in [0.1, 0.15) is 10.4 Å². The van der Waals surface area contributed by atoms with Gasteiger partial charge in [-0.3, -0.25) is 0 Å². The molecular weight excluding hydrogens is 275 g/mol. The van der Waals surface area contributed by atoms with Gasteiger partial charge in [0.1, 0.15) is 23.0 Å². The lowest BCUT2D eigenvalue weighted by molar-refractivity contribution is 0.0692. The summed E-state index contributed by atoms with van der Waals surface area (Å²) in [7, 11) is 1.22. The lowest BCUT2D eigenvalue weighted by atomic mass is 10.0. The van der Waals surface area contributed by atoms with E-state index in [2.05, 4.69) is 4.98 Å². The van der Waals surface area contributed by atoms with Crippen LogP contribution >= 0.6 is 0 Å². The number of ether oxygens (including phenoxy) is 1. The molecule has 1 N–H and O–H groups in total. The van der Waals surface area contributed by atoms with Crippen molar-refractivity contribution in [3.8, 4) is 17.0 Å². The zero-order valence-electron chi connectivity index (χ0n) is 10.2. The number of aromatic carboxylic acids is 1. The van der Waals surface area contributed by atoms with Crippen molar-refractivity contribution in [2.24, 2.45) is 0 Å². The predicted octanol–water partition coefficient (Wildman–Crippen LogP) is 2.87. The third kappa shape index (κ3) is 2.42. The maximum atomic E-state index is 13.6. The summed E-state index contributed by atoms with van der Waals surface area (Å²) in [6.07, 6.45) is 1.05. The quantitative estimate of drug-likeness (QED) is 0.941. The van der Waals surface area contributed by atoms with E-state index in [-0.39, 0.29) is 17.0 Å². The van der Waals surface area contributed by atoms with Gasteiger partial charge in [0.05, 0.1) is 12.7 Å². The van der Waals surface area contributed by atoms with E-state index in [4.69, 9.17) is 9.84 Å². The highest BCUT2D eigenvalue weighted by Crippen LogP contribution is 2.29. The second-order valence-electron chi connectivity index (χ2n) is 3.83. The van der Waals surface area contributed by atoms with E-state index < -0.39 is 29.0 Å². The number of hydrogen-bond donors (Lipinski definition) is 1. The molecule has 0 aliphatic heterocycles. The summed E-state index contributed by atoms with van der Waals surface area (Å²) in [5.74, 6) is -4.91. The molecule has 0 spiro atoms. The van der Waals surface area contributed by atoms with Crippen molar-refractivity contribution in [2.45, 2.75) is 0 Å². The predicted molar refractivity (Wildman–Crippen MR) is 63.1 cm³/mol. The summed E-state index contributed by atoms with van der Waals surface area (Å²) in [5, 5.41) is 8.98. The van der Waals surface area contributed by atoms with Gasteiger partial charge in [-0.2, -0.15) is 0 Å². The molecule has 0 bridgehead atoms. The van der Waals surface area contributed by atoms with E-state index in [0.29, 0.717) is 12.1 Å². The maximum absolute atomic E-state index is 13.6. The number of carbonyl (C=O) groups is 1. The summed E-state index contributed by atoms with van der Waals surface area (Å²) in [4.78, 5) is 14.7. The van der Waals surface area contributed by atoms with Gasteiger partial charge in [-0.1, -0.05) is 0 Å². The molecule has 1 aromatic heterocycles. The molecule has 0 aliphatic rings. The Labute approximate surface area is 111 Å². The van der Waals surface area contributed by atoms with Crippen molar-refractivity contribution in [3.05, 3.63) is 47.4 Å². The molecule has 2 rings (SSSR count). The van der Waals surface area contributed by atoms with Crippen LogP contribution < -0.4 is 4.74 Å². The van der Waals surface area contributed by atoms with Gasteiger partial charge in [0.2, 0.25) is 5.88 Å². The Bertz CT molecular complexity index is 666. The van der Waals surface area contributed by atoms with Crippen LogP contribution in [0.3, 0.4) is 0 Å². The number of rotatable bonds is 3. The number of pyridine rings is 1. The van der Waals surface area contributed by atoms with Gasteiger partial charge in [0.25, 0.3) is 0 Å². The highest BCUT2D eigenvalue weighted by molar-refractivity contribution is 5.91. The van der Waals surface area contributed by atoms with Crippen LogP contribution in [-0.2, 0) is 0 Å². The minimum Gasteiger partial charge on any atom is -0.480 e. The average molecular weight is 283 g/mol. The van der Waals surface area contributed by atoms with Crippen molar-refractivity contribution in [1.29, 1.82) is 0 Å². The Morgan fingerprint density at radius 2 is 1.80 bits per heavy atom. The van der Waals surface area contributed by atoms with Crippen LogP contribution in [0.5, 0.6) is 5.88 Å². The van der Waals surface area contributed by atoms with Gasteiger partial charge in [-0.05, 0) is 6.07 Å². The maximum Gasteiger partial charge on any atom is 0.341 e. The molecule has 7 heteroatoms. The molecule has 20 heavy (non-hydrogen) atoms. The number of halogens is 3. The molecule has 0 fully saturated rings. The number of nitrogens with zero attached hydrogens (tertiary/aromatic N) is 1. The molecule has 0 radical (unpaired) electrons. The monoisotopic (exact) mass is 283 g/mol. The minimum absolute atomic E-state index is 0.127. The molecule has 0 unspecified atom stereocenters. The van der Waals surface area contributed by atoms with Crippen LogP contribution in [0.15, 0.2) is 24.4 Å². The Morgan fingerprint density at radius 3 is 2.30 bits per heavy atom. The number of methoxy groups -OCH3 is 1. The van der Waals surface area contributed by atoms with E-state index in [1.807, 2.05) is 0 Å². The van der Waals surface area contributed by atoms with Crippen molar-refractivity contribution in [2.75, 3.05) is 7.11 Å². The highest BCUT2D eigenvalue weighted by atomic mass is 19.1.